The highest BCUT2D eigenvalue weighted by Crippen LogP contribution is 2.23. The summed E-state index contributed by atoms with van der Waals surface area (Å²) in [6.07, 6.45) is 4.95. The SMILES string of the molecule is CC(C)C[C@@H](NC(=O)[C@H](CC(=O)[C@H](N)Cc1ccccc1)Cc1ccccc1)C(=O)C[C@H](CCCCN)C(=O)N1CCN(c2ccccn2)CC1. The summed E-state index contributed by atoms with van der Waals surface area (Å²) in [5.41, 5.74) is 14.0. The second-order valence-corrected chi connectivity index (χ2v) is 14.2. The van der Waals surface area contributed by atoms with Crippen LogP contribution in [0.25, 0.3) is 0 Å². The number of carbonyl (C=O) groups excluding carboxylic acids is 4. The number of aromatic nitrogens is 1. The average molecular weight is 697 g/mol. The van der Waals surface area contributed by atoms with Gasteiger partial charge in [0.15, 0.2) is 11.6 Å². The normalized spacial score (nSPS) is 15.5. The summed E-state index contributed by atoms with van der Waals surface area (Å²) in [5, 5.41) is 3.04. The van der Waals surface area contributed by atoms with E-state index in [9.17, 15) is 19.2 Å². The number of pyridine rings is 1. The first-order valence-corrected chi connectivity index (χ1v) is 18.5. The smallest absolute Gasteiger partial charge is 0.226 e. The van der Waals surface area contributed by atoms with E-state index < -0.39 is 23.9 Å². The Hall–Kier alpha value is -4.41. The van der Waals surface area contributed by atoms with Gasteiger partial charge in [0.2, 0.25) is 11.8 Å². The van der Waals surface area contributed by atoms with E-state index in [4.69, 9.17) is 11.5 Å². The van der Waals surface area contributed by atoms with Crippen molar-refractivity contribution in [3.8, 4) is 0 Å². The second kappa shape index (κ2) is 20.4. The Morgan fingerprint density at radius 2 is 1.37 bits per heavy atom. The third-order valence-electron chi connectivity index (χ3n) is 9.64. The molecule has 1 aromatic heterocycles. The minimum atomic E-state index is -0.783. The fourth-order valence-electron chi connectivity index (χ4n) is 6.75. The summed E-state index contributed by atoms with van der Waals surface area (Å²) in [6, 6.07) is 23.4. The first kappa shape index (κ1) is 39.4. The third kappa shape index (κ3) is 12.7. The van der Waals surface area contributed by atoms with Crippen molar-refractivity contribution < 1.29 is 19.2 Å². The van der Waals surface area contributed by atoms with Crippen LogP contribution < -0.4 is 21.7 Å². The van der Waals surface area contributed by atoms with Crippen LogP contribution in [0.3, 0.4) is 0 Å². The number of hydrogen-bond acceptors (Lipinski definition) is 8. The van der Waals surface area contributed by atoms with Crippen LogP contribution in [0, 0.1) is 17.8 Å². The minimum Gasteiger partial charge on any atom is -0.353 e. The molecular formula is C41H56N6O4. The van der Waals surface area contributed by atoms with Crippen LogP contribution in [0.2, 0.25) is 0 Å². The number of nitrogens with zero attached hydrogens (tertiary/aromatic N) is 3. The quantitative estimate of drug-likeness (QED) is 0.148. The molecule has 2 amide bonds. The van der Waals surface area contributed by atoms with E-state index in [2.05, 4.69) is 15.2 Å². The molecule has 5 N–H and O–H groups in total. The average Bonchev–Trinajstić information content (AvgIpc) is 3.14. The Kier molecular flexibility index (Phi) is 15.8. The van der Waals surface area contributed by atoms with Crippen molar-refractivity contribution in [3.05, 3.63) is 96.2 Å². The van der Waals surface area contributed by atoms with Crippen molar-refractivity contribution in [1.82, 2.24) is 15.2 Å². The zero-order chi connectivity index (χ0) is 36.6. The molecule has 0 radical (unpaired) electrons. The first-order chi connectivity index (χ1) is 24.6. The molecule has 2 heterocycles. The lowest BCUT2D eigenvalue weighted by Crippen LogP contribution is -2.51. The number of ketones is 2. The Labute approximate surface area is 303 Å². The number of amides is 2. The van der Waals surface area contributed by atoms with Gasteiger partial charge in [-0.2, -0.15) is 0 Å². The first-order valence-electron chi connectivity index (χ1n) is 18.5. The van der Waals surface area contributed by atoms with Gasteiger partial charge in [-0.3, -0.25) is 19.2 Å². The number of nitrogens with two attached hydrogens (primary N) is 2. The summed E-state index contributed by atoms with van der Waals surface area (Å²) < 4.78 is 0. The van der Waals surface area contributed by atoms with Crippen LogP contribution in [-0.2, 0) is 32.0 Å². The van der Waals surface area contributed by atoms with Crippen molar-refractivity contribution in [1.29, 1.82) is 0 Å². The maximum Gasteiger partial charge on any atom is 0.226 e. The largest absolute Gasteiger partial charge is 0.353 e. The number of hydrogen-bond donors (Lipinski definition) is 3. The number of benzene rings is 2. The molecule has 51 heavy (non-hydrogen) atoms. The Bertz CT molecular complexity index is 1510. The number of unbranched alkanes of at least 4 members (excludes halogenated alkanes) is 1. The predicted molar refractivity (Wildman–Crippen MR) is 202 cm³/mol. The van der Waals surface area contributed by atoms with Crippen molar-refractivity contribution >= 4 is 29.2 Å². The summed E-state index contributed by atoms with van der Waals surface area (Å²) in [4.78, 5) is 63.9. The molecule has 0 bridgehead atoms. The van der Waals surface area contributed by atoms with E-state index in [1.165, 1.54) is 0 Å². The minimum absolute atomic E-state index is 0.0318. The number of rotatable bonds is 20. The van der Waals surface area contributed by atoms with Crippen molar-refractivity contribution in [2.75, 3.05) is 37.6 Å². The summed E-state index contributed by atoms with van der Waals surface area (Å²) in [7, 11) is 0. The molecule has 0 aliphatic carbocycles. The van der Waals surface area contributed by atoms with Gasteiger partial charge in [-0.1, -0.05) is 87.0 Å². The molecular weight excluding hydrogens is 640 g/mol. The van der Waals surface area contributed by atoms with Gasteiger partial charge >= 0.3 is 0 Å². The number of nitrogens with one attached hydrogen (secondary N) is 1. The highest BCUT2D eigenvalue weighted by atomic mass is 16.2. The summed E-state index contributed by atoms with van der Waals surface area (Å²) in [5.74, 6) is -0.964. The van der Waals surface area contributed by atoms with Crippen molar-refractivity contribution in [3.63, 3.8) is 0 Å². The summed E-state index contributed by atoms with van der Waals surface area (Å²) in [6.45, 7) is 6.94. The van der Waals surface area contributed by atoms with Gasteiger partial charge in [0.25, 0.3) is 0 Å². The molecule has 4 atom stereocenters. The predicted octanol–water partition coefficient (Wildman–Crippen LogP) is 4.35. The highest BCUT2D eigenvalue weighted by Gasteiger charge is 2.34. The fraction of sp³-hybridized carbons (Fsp3) is 0.488. The molecule has 1 saturated heterocycles. The van der Waals surface area contributed by atoms with E-state index in [0.29, 0.717) is 58.4 Å². The molecule has 1 aliphatic heterocycles. The lowest BCUT2D eigenvalue weighted by molar-refractivity contribution is -0.139. The molecule has 0 spiro atoms. The fourth-order valence-corrected chi connectivity index (χ4v) is 6.75. The number of anilines is 1. The number of Topliss-reactive ketones (excluding diaryl/α,β-unsaturated/α-hetero) is 2. The van der Waals surface area contributed by atoms with Crippen LogP contribution in [0.15, 0.2) is 85.1 Å². The van der Waals surface area contributed by atoms with Gasteiger partial charge in [-0.25, -0.2) is 4.98 Å². The van der Waals surface area contributed by atoms with Crippen molar-refractivity contribution in [2.45, 2.75) is 77.3 Å². The van der Waals surface area contributed by atoms with E-state index in [1.807, 2.05) is 97.6 Å². The maximum absolute atomic E-state index is 14.1. The van der Waals surface area contributed by atoms with Crippen LogP contribution in [0.1, 0.15) is 63.5 Å². The van der Waals surface area contributed by atoms with Crippen LogP contribution in [0.5, 0.6) is 0 Å². The van der Waals surface area contributed by atoms with Crippen LogP contribution in [0.4, 0.5) is 5.82 Å². The maximum atomic E-state index is 14.1. The lowest BCUT2D eigenvalue weighted by Gasteiger charge is -2.37. The van der Waals surface area contributed by atoms with Gasteiger partial charge in [0, 0.05) is 57.1 Å². The molecule has 2 aromatic carbocycles. The van der Waals surface area contributed by atoms with E-state index in [1.54, 1.807) is 6.20 Å². The molecule has 10 nitrogen and oxygen atoms in total. The van der Waals surface area contributed by atoms with Crippen LogP contribution >= 0.6 is 0 Å². The number of carbonyl (C=O) groups is 4. The molecule has 4 rings (SSSR count). The van der Waals surface area contributed by atoms with Gasteiger partial charge in [-0.05, 0) is 67.8 Å². The van der Waals surface area contributed by atoms with Gasteiger partial charge in [0.1, 0.15) is 5.82 Å². The van der Waals surface area contributed by atoms with E-state index in [-0.39, 0.29) is 42.1 Å². The van der Waals surface area contributed by atoms with Gasteiger partial charge < -0.3 is 26.6 Å². The van der Waals surface area contributed by atoms with E-state index >= 15 is 0 Å². The molecule has 3 aromatic rings. The molecule has 1 fully saturated rings. The topological polar surface area (TPSA) is 152 Å². The standard InChI is InChI=1S/C41H56N6O4/c1-30(2)25-36(38(49)28-33(17-9-11-19-42)41(51)47-23-21-46(22-24-47)39-18-10-12-20-44-39)45-40(50)34(26-31-13-5-3-6-14-31)29-37(48)35(43)27-32-15-7-4-8-16-32/h3-8,10,12-16,18,20,30,33-36H,9,11,17,19,21-29,42-43H2,1-2H3,(H,45,50)/t33-,34-,35+,36+/m0/s1. The zero-order valence-corrected chi connectivity index (χ0v) is 30.3. The lowest BCUT2D eigenvalue weighted by atomic mass is 9.87. The molecule has 0 unspecified atom stereocenters. The van der Waals surface area contributed by atoms with Crippen molar-refractivity contribution in [2.24, 2.45) is 29.2 Å². The monoisotopic (exact) mass is 696 g/mol. The Balaban J connectivity index is 1.45. The zero-order valence-electron chi connectivity index (χ0n) is 30.3. The summed E-state index contributed by atoms with van der Waals surface area (Å²) >= 11 is 0. The third-order valence-corrected chi connectivity index (χ3v) is 9.64. The molecule has 10 heteroatoms. The number of piperazine rings is 1. The highest BCUT2D eigenvalue weighted by molar-refractivity contribution is 5.94. The van der Waals surface area contributed by atoms with E-state index in [0.717, 1.165) is 29.8 Å². The van der Waals surface area contributed by atoms with Gasteiger partial charge in [0.05, 0.1) is 12.1 Å². The van der Waals surface area contributed by atoms with Crippen LogP contribution in [-0.4, -0.2) is 78.1 Å². The Morgan fingerprint density at radius 1 is 0.765 bits per heavy atom. The Morgan fingerprint density at radius 3 is 1.96 bits per heavy atom. The van der Waals surface area contributed by atoms with Gasteiger partial charge in [-0.15, -0.1) is 0 Å². The second-order valence-electron chi connectivity index (χ2n) is 14.2. The molecule has 274 valence electrons. The molecule has 0 saturated carbocycles. The molecule has 1 aliphatic rings.